The van der Waals surface area contributed by atoms with Gasteiger partial charge in [0.1, 0.15) is 52.6 Å². The largest absolute Gasteiger partial charge is 0.507 e. The fourth-order valence-corrected chi connectivity index (χ4v) is 3.03. The van der Waals surface area contributed by atoms with Crippen molar-refractivity contribution in [2.75, 3.05) is 6.61 Å². The smallest absolute Gasteiger partial charge is 0.229 e. The van der Waals surface area contributed by atoms with E-state index in [0.29, 0.717) is 12.2 Å². The zero-order valence-electron chi connectivity index (χ0n) is 14.6. The molecule has 1 aromatic heterocycles. The van der Waals surface area contributed by atoms with Crippen molar-refractivity contribution in [2.24, 2.45) is 0 Å². The minimum atomic E-state index is -1.60. The number of rotatable bonds is 5. The van der Waals surface area contributed by atoms with Crippen LogP contribution in [0.1, 0.15) is 19.1 Å². The third-order valence-corrected chi connectivity index (χ3v) is 4.43. The predicted octanol–water partition coefficient (Wildman–Crippen LogP) is -0.370. The summed E-state index contributed by atoms with van der Waals surface area (Å²) in [5.41, 5.74) is -0.290. The van der Waals surface area contributed by atoms with Crippen LogP contribution in [0.25, 0.3) is 11.0 Å². The lowest BCUT2D eigenvalue weighted by Gasteiger charge is -2.39. The summed E-state index contributed by atoms with van der Waals surface area (Å²) in [5.74, 6) is 0.101. The molecule has 0 saturated carbocycles. The van der Waals surface area contributed by atoms with Crippen LogP contribution in [0.3, 0.4) is 0 Å². The van der Waals surface area contributed by atoms with Crippen LogP contribution < -0.4 is 10.2 Å². The van der Waals surface area contributed by atoms with E-state index in [1.807, 2.05) is 6.92 Å². The third-order valence-electron chi connectivity index (χ3n) is 4.43. The molecule has 148 valence electrons. The molecule has 2 aromatic rings. The zero-order valence-corrected chi connectivity index (χ0v) is 14.6. The quantitative estimate of drug-likeness (QED) is 0.467. The van der Waals surface area contributed by atoms with Gasteiger partial charge in [0, 0.05) is 24.6 Å². The van der Waals surface area contributed by atoms with Crippen LogP contribution in [-0.4, -0.2) is 62.8 Å². The summed E-state index contributed by atoms with van der Waals surface area (Å²) < 4.78 is 16.4. The number of hydrogen-bond donors (Lipinski definition) is 5. The van der Waals surface area contributed by atoms with Gasteiger partial charge < -0.3 is 39.4 Å². The summed E-state index contributed by atoms with van der Waals surface area (Å²) in [6, 6.07) is 3.83. The Bertz CT molecular complexity index is 860. The molecule has 3 rings (SSSR count). The number of fused-ring (bicyclic) bond motifs is 1. The van der Waals surface area contributed by atoms with Gasteiger partial charge >= 0.3 is 0 Å². The summed E-state index contributed by atoms with van der Waals surface area (Å²) in [6.07, 6.45) is -5.93. The molecule has 5 atom stereocenters. The fourth-order valence-electron chi connectivity index (χ4n) is 3.03. The average Bonchev–Trinajstić information content (AvgIpc) is 2.62. The van der Waals surface area contributed by atoms with Crippen molar-refractivity contribution in [1.82, 2.24) is 0 Å². The molecule has 0 bridgehead atoms. The second-order valence-corrected chi connectivity index (χ2v) is 6.46. The van der Waals surface area contributed by atoms with E-state index >= 15 is 0 Å². The first-order valence-electron chi connectivity index (χ1n) is 8.62. The van der Waals surface area contributed by atoms with Crippen LogP contribution in [0.2, 0.25) is 0 Å². The van der Waals surface area contributed by atoms with Crippen molar-refractivity contribution >= 4 is 11.0 Å². The molecule has 0 amide bonds. The topological polar surface area (TPSA) is 150 Å². The molecule has 0 unspecified atom stereocenters. The number of hydrogen-bond acceptors (Lipinski definition) is 9. The SMILES string of the molecule is CCCc1cc(=O)c2c(O)cc(O[C@@H]3O[C@H](CO)[C@@H](O)[C@H](O)[C@H]3O)cc2o1. The first-order chi connectivity index (χ1) is 12.8. The van der Waals surface area contributed by atoms with Gasteiger partial charge in [0.15, 0.2) is 5.43 Å². The van der Waals surface area contributed by atoms with Crippen LogP contribution >= 0.6 is 0 Å². The Morgan fingerprint density at radius 3 is 2.52 bits per heavy atom. The van der Waals surface area contributed by atoms with Crippen LogP contribution in [0.15, 0.2) is 27.4 Å². The molecule has 1 aliphatic heterocycles. The van der Waals surface area contributed by atoms with E-state index in [9.17, 15) is 30.3 Å². The number of ether oxygens (including phenoxy) is 2. The van der Waals surface area contributed by atoms with E-state index in [0.717, 1.165) is 12.5 Å². The lowest BCUT2D eigenvalue weighted by molar-refractivity contribution is -0.277. The highest BCUT2D eigenvalue weighted by Crippen LogP contribution is 2.31. The summed E-state index contributed by atoms with van der Waals surface area (Å²) in [6.45, 7) is 1.34. The zero-order chi connectivity index (χ0) is 19.7. The number of benzene rings is 1. The minimum absolute atomic E-state index is 0.00370. The summed E-state index contributed by atoms with van der Waals surface area (Å²) in [5, 5.41) is 49.1. The highest BCUT2D eigenvalue weighted by Gasteiger charge is 2.44. The fraction of sp³-hybridized carbons (Fsp3) is 0.500. The Labute approximate surface area is 154 Å². The van der Waals surface area contributed by atoms with Crippen molar-refractivity contribution in [2.45, 2.75) is 50.5 Å². The van der Waals surface area contributed by atoms with Crippen molar-refractivity contribution < 1.29 is 39.4 Å². The van der Waals surface area contributed by atoms with Gasteiger partial charge in [0.25, 0.3) is 0 Å². The maximum Gasteiger partial charge on any atom is 0.229 e. The molecule has 0 spiro atoms. The number of aliphatic hydroxyl groups is 4. The summed E-state index contributed by atoms with van der Waals surface area (Å²) in [4.78, 5) is 12.2. The molecule has 0 radical (unpaired) electrons. The Hall–Kier alpha value is -2.17. The Balaban J connectivity index is 1.93. The van der Waals surface area contributed by atoms with Gasteiger partial charge in [-0.1, -0.05) is 6.92 Å². The van der Waals surface area contributed by atoms with E-state index in [1.54, 1.807) is 0 Å². The molecule has 0 aliphatic carbocycles. The van der Waals surface area contributed by atoms with E-state index in [-0.39, 0.29) is 22.5 Å². The number of aliphatic hydroxyl groups excluding tert-OH is 4. The lowest BCUT2D eigenvalue weighted by Crippen LogP contribution is -2.60. The first kappa shape index (κ1) is 19.6. The van der Waals surface area contributed by atoms with Crippen LogP contribution in [0, 0.1) is 0 Å². The Kier molecular flexibility index (Phi) is 5.68. The van der Waals surface area contributed by atoms with E-state index in [4.69, 9.17) is 13.9 Å². The van der Waals surface area contributed by atoms with Gasteiger partial charge in [-0.05, 0) is 6.42 Å². The molecular formula is C18H22O9. The molecule has 2 heterocycles. The van der Waals surface area contributed by atoms with Crippen LogP contribution in [0.5, 0.6) is 11.5 Å². The van der Waals surface area contributed by atoms with E-state index < -0.39 is 42.7 Å². The maximum absolute atomic E-state index is 12.2. The van der Waals surface area contributed by atoms with Gasteiger partial charge in [0.05, 0.1) is 6.61 Å². The van der Waals surface area contributed by atoms with Gasteiger partial charge in [-0.15, -0.1) is 0 Å². The molecule has 1 saturated heterocycles. The second kappa shape index (κ2) is 7.83. The van der Waals surface area contributed by atoms with Gasteiger partial charge in [0.2, 0.25) is 6.29 Å². The third kappa shape index (κ3) is 3.78. The molecule has 9 heteroatoms. The minimum Gasteiger partial charge on any atom is -0.507 e. The van der Waals surface area contributed by atoms with Crippen LogP contribution in [-0.2, 0) is 11.2 Å². The lowest BCUT2D eigenvalue weighted by atomic mass is 9.99. The summed E-state index contributed by atoms with van der Waals surface area (Å²) >= 11 is 0. The number of phenolic OH excluding ortho intramolecular Hbond substituents is 1. The normalized spacial score (nSPS) is 28.4. The molecule has 5 N–H and O–H groups in total. The van der Waals surface area contributed by atoms with Gasteiger partial charge in [-0.25, -0.2) is 0 Å². The highest BCUT2D eigenvalue weighted by molar-refractivity contribution is 5.84. The van der Waals surface area contributed by atoms with Crippen LogP contribution in [0.4, 0.5) is 0 Å². The second-order valence-electron chi connectivity index (χ2n) is 6.46. The van der Waals surface area contributed by atoms with E-state index in [1.165, 1.54) is 12.1 Å². The van der Waals surface area contributed by atoms with Gasteiger partial charge in [-0.2, -0.15) is 0 Å². The molecular weight excluding hydrogens is 360 g/mol. The van der Waals surface area contributed by atoms with Crippen molar-refractivity contribution in [3.8, 4) is 11.5 Å². The molecule has 1 fully saturated rings. The number of aromatic hydroxyl groups is 1. The van der Waals surface area contributed by atoms with Crippen molar-refractivity contribution in [3.63, 3.8) is 0 Å². The molecule has 1 aliphatic rings. The molecule has 27 heavy (non-hydrogen) atoms. The predicted molar refractivity (Wildman–Crippen MR) is 92.5 cm³/mol. The summed E-state index contributed by atoms with van der Waals surface area (Å²) in [7, 11) is 0. The maximum atomic E-state index is 12.2. The van der Waals surface area contributed by atoms with Crippen molar-refractivity contribution in [3.05, 3.63) is 34.2 Å². The van der Waals surface area contributed by atoms with Crippen molar-refractivity contribution in [1.29, 1.82) is 0 Å². The highest BCUT2D eigenvalue weighted by atomic mass is 16.7. The molecule has 9 nitrogen and oxygen atoms in total. The first-order valence-corrected chi connectivity index (χ1v) is 8.62. The monoisotopic (exact) mass is 382 g/mol. The molecule has 1 aromatic carbocycles. The Morgan fingerprint density at radius 2 is 1.85 bits per heavy atom. The average molecular weight is 382 g/mol. The standard InChI is InChI=1S/C18H22O9/c1-2-3-8-4-10(20)14-11(21)5-9(6-12(14)25-8)26-18-17(24)16(23)15(22)13(7-19)27-18/h4-6,13,15-19,21-24H,2-3,7H2,1H3/t13-,15-,16+,17-,18-/m1/s1. The number of aryl methyl sites for hydroxylation is 1. The van der Waals surface area contributed by atoms with Gasteiger partial charge in [-0.3, -0.25) is 4.79 Å². The number of phenols is 1. The Morgan fingerprint density at radius 1 is 1.11 bits per heavy atom. The van der Waals surface area contributed by atoms with E-state index in [2.05, 4.69) is 0 Å².